The number of aliphatic hydroxyl groups is 1. The first-order chi connectivity index (χ1) is 18.5. The minimum Gasteiger partial charge on any atom is -0.386 e. The van der Waals surface area contributed by atoms with Crippen LogP contribution in [0.5, 0.6) is 0 Å². The van der Waals surface area contributed by atoms with Crippen molar-refractivity contribution in [3.63, 3.8) is 0 Å². The van der Waals surface area contributed by atoms with Gasteiger partial charge >= 0.3 is 0 Å². The predicted molar refractivity (Wildman–Crippen MR) is 151 cm³/mol. The molecule has 3 aromatic carbocycles. The molecule has 6 heteroatoms. The Kier molecular flexibility index (Phi) is 7.80. The van der Waals surface area contributed by atoms with Crippen LogP contribution >= 0.6 is 0 Å². The van der Waals surface area contributed by atoms with Gasteiger partial charge in [0.25, 0.3) is 5.91 Å². The predicted octanol–water partition coefficient (Wildman–Crippen LogP) is 5.82. The molecule has 2 heterocycles. The number of likely N-dealkylation sites (tertiary alicyclic amines) is 1. The number of rotatable bonds is 7. The number of aryl methyl sites for hydroxylation is 1. The Labute approximate surface area is 224 Å². The summed E-state index contributed by atoms with van der Waals surface area (Å²) in [5.41, 5.74) is 4.97. The van der Waals surface area contributed by atoms with Crippen molar-refractivity contribution in [3.8, 4) is 11.3 Å². The zero-order chi connectivity index (χ0) is 26.5. The van der Waals surface area contributed by atoms with Crippen molar-refractivity contribution in [2.24, 2.45) is 0 Å². The maximum atomic E-state index is 14.1. The third-order valence-corrected chi connectivity index (χ3v) is 7.34. The average Bonchev–Trinajstić information content (AvgIpc) is 2.97. The Hall–Kier alpha value is -4.03. The van der Waals surface area contributed by atoms with E-state index < -0.39 is 6.10 Å². The molecule has 0 aliphatic carbocycles. The van der Waals surface area contributed by atoms with E-state index >= 15 is 0 Å². The normalized spacial score (nSPS) is 16.2. The van der Waals surface area contributed by atoms with E-state index in [1.165, 1.54) is 0 Å². The Bertz CT molecular complexity index is 1380. The summed E-state index contributed by atoms with van der Waals surface area (Å²) in [7, 11) is 1.96. The van der Waals surface area contributed by atoms with Gasteiger partial charge in [-0.05, 0) is 42.9 Å². The van der Waals surface area contributed by atoms with E-state index in [9.17, 15) is 9.90 Å². The molecular formula is C32H34N4O2. The summed E-state index contributed by atoms with van der Waals surface area (Å²) >= 11 is 0. The zero-order valence-electron chi connectivity index (χ0n) is 22.0. The highest BCUT2D eigenvalue weighted by Crippen LogP contribution is 2.33. The van der Waals surface area contributed by atoms with Gasteiger partial charge < -0.3 is 14.9 Å². The molecule has 0 saturated carbocycles. The maximum Gasteiger partial charge on any atom is 0.258 e. The van der Waals surface area contributed by atoms with Gasteiger partial charge in [-0.3, -0.25) is 4.79 Å². The molecular weight excluding hydrogens is 472 g/mol. The number of carbonyl (C=O) groups excluding carboxylic acids is 1. The number of hydrogen-bond donors (Lipinski definition) is 1. The Morgan fingerprint density at radius 3 is 2.42 bits per heavy atom. The standard InChI is InChI=1S/C32H34N4O2/c1-23-13-9-10-18-26(23)30(37)28-19-11-12-20-36(28)31(38)27-21-33-32(34-29(27)25-16-7-4-8-17-25)35(2)22-24-14-5-3-6-15-24/h3-10,13-18,21,28,30,37H,11-12,19-20,22H2,1-2H3. The third kappa shape index (κ3) is 5.46. The van der Waals surface area contributed by atoms with Crippen LogP contribution in [0.2, 0.25) is 0 Å². The van der Waals surface area contributed by atoms with E-state index in [1.54, 1.807) is 6.20 Å². The minimum atomic E-state index is -0.752. The molecule has 0 radical (unpaired) electrons. The lowest BCUT2D eigenvalue weighted by molar-refractivity contribution is 0.0209. The van der Waals surface area contributed by atoms with Gasteiger partial charge in [0.15, 0.2) is 0 Å². The molecule has 1 fully saturated rings. The molecule has 2 atom stereocenters. The highest BCUT2D eigenvalue weighted by molar-refractivity contribution is 6.00. The van der Waals surface area contributed by atoms with Crippen LogP contribution in [-0.4, -0.2) is 45.5 Å². The van der Waals surface area contributed by atoms with E-state index in [-0.39, 0.29) is 11.9 Å². The van der Waals surface area contributed by atoms with E-state index in [0.29, 0.717) is 30.3 Å². The maximum absolute atomic E-state index is 14.1. The molecule has 1 aliphatic heterocycles. The molecule has 1 aliphatic rings. The summed E-state index contributed by atoms with van der Waals surface area (Å²) in [6, 6.07) is 27.5. The van der Waals surface area contributed by atoms with E-state index in [1.807, 2.05) is 96.6 Å². The number of aliphatic hydroxyl groups excluding tert-OH is 1. The molecule has 2 unspecified atom stereocenters. The molecule has 5 rings (SSSR count). The second-order valence-corrected chi connectivity index (χ2v) is 10.0. The van der Waals surface area contributed by atoms with Gasteiger partial charge in [0.05, 0.1) is 23.4 Å². The van der Waals surface area contributed by atoms with E-state index in [4.69, 9.17) is 4.98 Å². The van der Waals surface area contributed by atoms with Crippen molar-refractivity contribution in [2.75, 3.05) is 18.5 Å². The first-order valence-electron chi connectivity index (χ1n) is 13.2. The Balaban J connectivity index is 1.49. The molecule has 1 aromatic heterocycles. The lowest BCUT2D eigenvalue weighted by atomic mass is 9.90. The number of carbonyl (C=O) groups is 1. The molecule has 0 bridgehead atoms. The van der Waals surface area contributed by atoms with Crippen LogP contribution in [0.25, 0.3) is 11.3 Å². The number of benzene rings is 3. The first kappa shape index (κ1) is 25.6. The molecule has 194 valence electrons. The fourth-order valence-corrected chi connectivity index (χ4v) is 5.28. The largest absolute Gasteiger partial charge is 0.386 e. The van der Waals surface area contributed by atoms with Crippen LogP contribution in [0.4, 0.5) is 5.95 Å². The van der Waals surface area contributed by atoms with Crippen LogP contribution in [0, 0.1) is 6.92 Å². The van der Waals surface area contributed by atoms with E-state index in [0.717, 1.165) is 41.5 Å². The molecule has 0 spiro atoms. The summed E-state index contributed by atoms with van der Waals surface area (Å²) in [6.45, 7) is 3.25. The van der Waals surface area contributed by atoms with Gasteiger partial charge in [-0.2, -0.15) is 0 Å². The van der Waals surface area contributed by atoms with Crippen molar-refractivity contribution in [3.05, 3.63) is 113 Å². The lowest BCUT2D eigenvalue weighted by Crippen LogP contribution is -2.47. The monoisotopic (exact) mass is 506 g/mol. The third-order valence-electron chi connectivity index (χ3n) is 7.34. The number of amides is 1. The summed E-state index contributed by atoms with van der Waals surface area (Å²) in [6.07, 6.45) is 3.53. The van der Waals surface area contributed by atoms with Gasteiger partial charge in [0, 0.05) is 31.9 Å². The lowest BCUT2D eigenvalue weighted by Gasteiger charge is -2.39. The van der Waals surface area contributed by atoms with Crippen molar-refractivity contribution in [1.29, 1.82) is 0 Å². The summed E-state index contributed by atoms with van der Waals surface area (Å²) in [5, 5.41) is 11.4. The van der Waals surface area contributed by atoms with Gasteiger partial charge in [-0.1, -0.05) is 84.9 Å². The Morgan fingerprint density at radius 2 is 1.68 bits per heavy atom. The molecule has 6 nitrogen and oxygen atoms in total. The van der Waals surface area contributed by atoms with Crippen LogP contribution in [-0.2, 0) is 6.54 Å². The number of nitrogens with zero attached hydrogens (tertiary/aromatic N) is 4. The van der Waals surface area contributed by atoms with E-state index in [2.05, 4.69) is 17.1 Å². The summed E-state index contributed by atoms with van der Waals surface area (Å²) in [5.74, 6) is 0.415. The fourth-order valence-electron chi connectivity index (χ4n) is 5.28. The molecule has 1 N–H and O–H groups in total. The molecule has 1 amide bonds. The SMILES string of the molecule is Cc1ccccc1C(O)C1CCCCN1C(=O)c1cnc(N(C)Cc2ccccc2)nc1-c1ccccc1. The molecule has 38 heavy (non-hydrogen) atoms. The summed E-state index contributed by atoms with van der Waals surface area (Å²) in [4.78, 5) is 27.5. The fraction of sp³-hybridized carbons (Fsp3) is 0.281. The van der Waals surface area contributed by atoms with Gasteiger partial charge in [-0.25, -0.2) is 9.97 Å². The average molecular weight is 507 g/mol. The highest BCUT2D eigenvalue weighted by Gasteiger charge is 2.35. The van der Waals surface area contributed by atoms with Crippen molar-refractivity contribution >= 4 is 11.9 Å². The first-order valence-corrected chi connectivity index (χ1v) is 13.2. The zero-order valence-corrected chi connectivity index (χ0v) is 22.0. The second-order valence-electron chi connectivity index (χ2n) is 10.0. The smallest absolute Gasteiger partial charge is 0.258 e. The Morgan fingerprint density at radius 1 is 1.00 bits per heavy atom. The topological polar surface area (TPSA) is 69.6 Å². The van der Waals surface area contributed by atoms with Gasteiger partial charge in [-0.15, -0.1) is 0 Å². The van der Waals surface area contributed by atoms with Crippen molar-refractivity contribution in [2.45, 2.75) is 44.9 Å². The molecule has 4 aromatic rings. The van der Waals surface area contributed by atoms with Crippen LogP contribution < -0.4 is 4.90 Å². The second kappa shape index (κ2) is 11.6. The number of anilines is 1. The number of hydrogen-bond acceptors (Lipinski definition) is 5. The van der Waals surface area contributed by atoms with Crippen molar-refractivity contribution in [1.82, 2.24) is 14.9 Å². The van der Waals surface area contributed by atoms with Crippen molar-refractivity contribution < 1.29 is 9.90 Å². The molecule has 1 saturated heterocycles. The minimum absolute atomic E-state index is 0.140. The number of aromatic nitrogens is 2. The quantitative estimate of drug-likeness (QED) is 0.342. The van der Waals surface area contributed by atoms with Gasteiger partial charge in [0.2, 0.25) is 5.95 Å². The van der Waals surface area contributed by atoms with Gasteiger partial charge in [0.1, 0.15) is 0 Å². The van der Waals surface area contributed by atoms with Crippen LogP contribution in [0.1, 0.15) is 52.4 Å². The van der Waals surface area contributed by atoms with Crippen LogP contribution in [0.3, 0.4) is 0 Å². The van der Waals surface area contributed by atoms with Crippen LogP contribution in [0.15, 0.2) is 91.1 Å². The summed E-state index contributed by atoms with van der Waals surface area (Å²) < 4.78 is 0. The number of piperidine rings is 1. The highest BCUT2D eigenvalue weighted by atomic mass is 16.3.